The molecule has 0 atom stereocenters. The van der Waals surface area contributed by atoms with Gasteiger partial charge in [0.2, 0.25) is 5.91 Å². The lowest BCUT2D eigenvalue weighted by Gasteiger charge is -2.27. The molecule has 0 saturated carbocycles. The molecule has 152 valence electrons. The molecule has 29 heavy (non-hydrogen) atoms. The van der Waals surface area contributed by atoms with Gasteiger partial charge in [0.25, 0.3) is 0 Å². The Balaban J connectivity index is 1.51. The summed E-state index contributed by atoms with van der Waals surface area (Å²) in [6.45, 7) is 4.89. The van der Waals surface area contributed by atoms with Crippen molar-refractivity contribution in [3.63, 3.8) is 0 Å². The summed E-state index contributed by atoms with van der Waals surface area (Å²) in [6, 6.07) is 14.3. The summed E-state index contributed by atoms with van der Waals surface area (Å²) in [5, 5.41) is 0.633. The number of amides is 1. The van der Waals surface area contributed by atoms with Gasteiger partial charge in [-0.25, -0.2) is 9.37 Å². The number of aromatic nitrogens is 1. The van der Waals surface area contributed by atoms with Crippen LogP contribution >= 0.6 is 11.3 Å². The molecule has 1 aliphatic heterocycles. The van der Waals surface area contributed by atoms with Crippen LogP contribution in [0.2, 0.25) is 0 Å². The van der Waals surface area contributed by atoms with E-state index in [2.05, 4.69) is 9.88 Å². The average molecular weight is 414 g/mol. The topological polar surface area (TPSA) is 45.7 Å². The van der Waals surface area contributed by atoms with Crippen molar-refractivity contribution >= 4 is 32.6 Å². The smallest absolute Gasteiger partial charge is 0.233 e. The van der Waals surface area contributed by atoms with E-state index < -0.39 is 0 Å². The second kappa shape index (κ2) is 9.43. The lowest BCUT2D eigenvalue weighted by molar-refractivity contribution is -0.118. The van der Waals surface area contributed by atoms with Gasteiger partial charge in [0.05, 0.1) is 29.9 Å². The largest absolute Gasteiger partial charge is 0.379 e. The zero-order chi connectivity index (χ0) is 20.1. The van der Waals surface area contributed by atoms with Gasteiger partial charge in [0.1, 0.15) is 5.82 Å². The number of fused-ring (bicyclic) bond motifs is 1. The van der Waals surface area contributed by atoms with Gasteiger partial charge in [-0.15, -0.1) is 0 Å². The third-order valence-corrected chi connectivity index (χ3v) is 6.07. The summed E-state index contributed by atoms with van der Waals surface area (Å²) >= 11 is 1.36. The van der Waals surface area contributed by atoms with Gasteiger partial charge in [-0.2, -0.15) is 0 Å². The highest BCUT2D eigenvalue weighted by Gasteiger charge is 2.21. The number of hydrogen-bond donors (Lipinski definition) is 0. The third kappa shape index (κ3) is 5.18. The van der Waals surface area contributed by atoms with Gasteiger partial charge in [-0.1, -0.05) is 41.7 Å². The Morgan fingerprint density at radius 3 is 2.76 bits per heavy atom. The monoisotopic (exact) mass is 413 g/mol. The van der Waals surface area contributed by atoms with Crippen LogP contribution in [0.4, 0.5) is 9.52 Å². The Kier molecular flexibility index (Phi) is 6.49. The predicted octanol–water partition coefficient (Wildman–Crippen LogP) is 3.73. The molecule has 1 saturated heterocycles. The van der Waals surface area contributed by atoms with Crippen molar-refractivity contribution in [3.05, 3.63) is 59.9 Å². The van der Waals surface area contributed by atoms with Crippen LogP contribution in [-0.2, 0) is 16.0 Å². The maximum atomic E-state index is 13.6. The Bertz CT molecular complexity index is 957. The fraction of sp³-hybridized carbons (Fsp3) is 0.364. The summed E-state index contributed by atoms with van der Waals surface area (Å²) in [5.74, 6) is -0.278. The average Bonchev–Trinajstić information content (AvgIpc) is 3.15. The standard InChI is InChI=1S/C22H24FN3O2S/c23-18-7-8-19-20(16-18)29-22(24-19)26(10-4-9-25-11-13-28-14-12-25)21(27)15-17-5-2-1-3-6-17/h1-3,5-8,16H,4,9-15H2. The van der Waals surface area contributed by atoms with Crippen molar-refractivity contribution in [1.29, 1.82) is 0 Å². The number of morpholine rings is 1. The fourth-order valence-electron chi connectivity index (χ4n) is 3.47. The van der Waals surface area contributed by atoms with E-state index in [-0.39, 0.29) is 11.7 Å². The molecule has 0 N–H and O–H groups in total. The van der Waals surface area contributed by atoms with Gasteiger partial charge in [0.15, 0.2) is 5.13 Å². The number of anilines is 1. The molecule has 0 radical (unpaired) electrons. The first-order valence-corrected chi connectivity index (χ1v) is 10.7. The van der Waals surface area contributed by atoms with Crippen molar-refractivity contribution < 1.29 is 13.9 Å². The van der Waals surface area contributed by atoms with Crippen molar-refractivity contribution in [2.75, 3.05) is 44.3 Å². The second-order valence-corrected chi connectivity index (χ2v) is 8.13. The van der Waals surface area contributed by atoms with Gasteiger partial charge in [-0.05, 0) is 30.2 Å². The molecule has 4 rings (SSSR count). The zero-order valence-electron chi connectivity index (χ0n) is 16.2. The molecule has 7 heteroatoms. The first kappa shape index (κ1) is 19.9. The Morgan fingerprint density at radius 2 is 1.97 bits per heavy atom. The minimum atomic E-state index is -0.290. The molecule has 3 aromatic rings. The minimum absolute atomic E-state index is 0.0118. The van der Waals surface area contributed by atoms with Gasteiger partial charge in [-0.3, -0.25) is 14.6 Å². The van der Waals surface area contributed by atoms with Crippen LogP contribution in [0.25, 0.3) is 10.2 Å². The molecular formula is C22H24FN3O2S. The highest BCUT2D eigenvalue weighted by molar-refractivity contribution is 7.22. The number of nitrogens with zero attached hydrogens (tertiary/aromatic N) is 3. The van der Waals surface area contributed by atoms with Crippen LogP contribution in [0.3, 0.4) is 0 Å². The van der Waals surface area contributed by atoms with Crippen LogP contribution in [0.1, 0.15) is 12.0 Å². The quantitative estimate of drug-likeness (QED) is 0.592. The number of carbonyl (C=O) groups excluding carboxylic acids is 1. The van der Waals surface area contributed by atoms with Crippen LogP contribution in [0.15, 0.2) is 48.5 Å². The highest BCUT2D eigenvalue weighted by Crippen LogP contribution is 2.30. The van der Waals surface area contributed by atoms with E-state index in [0.717, 1.165) is 55.0 Å². The maximum Gasteiger partial charge on any atom is 0.233 e. The molecule has 5 nitrogen and oxygen atoms in total. The van der Waals surface area contributed by atoms with Gasteiger partial charge >= 0.3 is 0 Å². The minimum Gasteiger partial charge on any atom is -0.379 e. The van der Waals surface area contributed by atoms with E-state index in [4.69, 9.17) is 4.74 Å². The SMILES string of the molecule is O=C(Cc1ccccc1)N(CCCN1CCOCC1)c1nc2ccc(F)cc2s1. The molecule has 1 aromatic heterocycles. The number of ether oxygens (including phenoxy) is 1. The maximum absolute atomic E-state index is 13.6. The molecule has 1 amide bonds. The number of carbonyl (C=O) groups is 1. The van der Waals surface area contributed by atoms with Gasteiger partial charge < -0.3 is 4.74 Å². The fourth-order valence-corrected chi connectivity index (χ4v) is 4.51. The molecule has 1 aliphatic rings. The number of hydrogen-bond acceptors (Lipinski definition) is 5. The lowest BCUT2D eigenvalue weighted by atomic mass is 10.1. The third-order valence-electron chi connectivity index (χ3n) is 5.03. The summed E-state index contributed by atoms with van der Waals surface area (Å²) < 4.78 is 19.7. The van der Waals surface area contributed by atoms with Crippen molar-refractivity contribution in [2.24, 2.45) is 0 Å². The van der Waals surface area contributed by atoms with E-state index in [0.29, 0.717) is 18.1 Å². The Hall–Kier alpha value is -2.35. The first-order chi connectivity index (χ1) is 14.2. The number of halogens is 1. The van der Waals surface area contributed by atoms with Crippen molar-refractivity contribution in [3.8, 4) is 0 Å². The van der Waals surface area contributed by atoms with Crippen LogP contribution in [-0.4, -0.2) is 55.2 Å². The zero-order valence-corrected chi connectivity index (χ0v) is 17.0. The van der Waals surface area contributed by atoms with E-state index in [1.807, 2.05) is 30.3 Å². The summed E-state index contributed by atoms with van der Waals surface area (Å²) in [4.78, 5) is 21.8. The molecule has 1 fully saturated rings. The second-order valence-electron chi connectivity index (χ2n) is 7.12. The number of benzene rings is 2. The summed E-state index contributed by atoms with van der Waals surface area (Å²) in [7, 11) is 0. The highest BCUT2D eigenvalue weighted by atomic mass is 32.1. The van der Waals surface area contributed by atoms with E-state index in [1.165, 1.54) is 23.5 Å². The molecular weight excluding hydrogens is 389 g/mol. The first-order valence-electron chi connectivity index (χ1n) is 9.89. The molecule has 2 aromatic carbocycles. The van der Waals surface area contributed by atoms with Crippen LogP contribution < -0.4 is 4.90 Å². The number of thiazole rings is 1. The van der Waals surface area contributed by atoms with Crippen LogP contribution in [0.5, 0.6) is 0 Å². The molecule has 0 aliphatic carbocycles. The summed E-state index contributed by atoms with van der Waals surface area (Å²) in [6.07, 6.45) is 1.17. The van der Waals surface area contributed by atoms with Crippen molar-refractivity contribution in [1.82, 2.24) is 9.88 Å². The molecule has 0 spiro atoms. The predicted molar refractivity (Wildman–Crippen MR) is 114 cm³/mol. The van der Waals surface area contributed by atoms with Crippen LogP contribution in [0, 0.1) is 5.82 Å². The Labute approximate surface area is 173 Å². The van der Waals surface area contributed by atoms with E-state index >= 15 is 0 Å². The molecule has 0 unspecified atom stereocenters. The normalized spacial score (nSPS) is 14.9. The Morgan fingerprint density at radius 1 is 1.17 bits per heavy atom. The van der Waals surface area contributed by atoms with Crippen molar-refractivity contribution in [2.45, 2.75) is 12.8 Å². The van der Waals surface area contributed by atoms with E-state index in [1.54, 1.807) is 11.0 Å². The van der Waals surface area contributed by atoms with Gasteiger partial charge in [0, 0.05) is 26.2 Å². The molecule has 2 heterocycles. The van der Waals surface area contributed by atoms with E-state index in [9.17, 15) is 9.18 Å². The number of rotatable bonds is 7. The molecule has 0 bridgehead atoms. The summed E-state index contributed by atoms with van der Waals surface area (Å²) in [5.41, 5.74) is 1.69. The lowest BCUT2D eigenvalue weighted by Crippen LogP contribution is -2.39.